The van der Waals surface area contributed by atoms with Gasteiger partial charge in [-0.15, -0.1) is 0 Å². The summed E-state index contributed by atoms with van der Waals surface area (Å²) in [4.78, 5) is 41.0. The molecule has 2 fully saturated rings. The summed E-state index contributed by atoms with van der Waals surface area (Å²) in [5, 5.41) is 0. The third-order valence-corrected chi connectivity index (χ3v) is 5.52. The van der Waals surface area contributed by atoms with E-state index < -0.39 is 11.5 Å². The fourth-order valence-corrected chi connectivity index (χ4v) is 3.87. The Kier molecular flexibility index (Phi) is 5.67. The third kappa shape index (κ3) is 4.14. The van der Waals surface area contributed by atoms with Crippen molar-refractivity contribution in [2.45, 2.75) is 32.4 Å². The highest BCUT2D eigenvalue weighted by Crippen LogP contribution is 2.28. The number of ether oxygens (including phenoxy) is 1. The molecular weight excluding hydrogens is 391 g/mol. The summed E-state index contributed by atoms with van der Waals surface area (Å²) in [5.41, 5.74) is 0.580. The first kappa shape index (κ1) is 20.3. The number of benzene rings is 1. The van der Waals surface area contributed by atoms with E-state index in [9.17, 15) is 18.8 Å². The largest absolute Gasteiger partial charge is 0.424 e. The Morgan fingerprint density at radius 2 is 1.97 bits per heavy atom. The summed E-state index contributed by atoms with van der Waals surface area (Å²) in [5.74, 6) is -0.626. The number of carbonyl (C=O) groups is 2. The van der Waals surface area contributed by atoms with Crippen LogP contribution in [0.3, 0.4) is 0 Å². The Labute approximate surface area is 173 Å². The predicted molar refractivity (Wildman–Crippen MR) is 105 cm³/mol. The van der Waals surface area contributed by atoms with Gasteiger partial charge in [0.05, 0.1) is 0 Å². The van der Waals surface area contributed by atoms with Crippen LogP contribution in [-0.2, 0) is 16.1 Å². The standard InChI is InChI=1S/C22H23FN2O5/c1-14-11-18(17-3-2-10-29-17)30-22(28)20(14)21(27)25-9-8-24(19(26)13-25)12-15-4-6-16(23)7-5-15/h4-7,11,17H,2-3,8-10,12-13H2,1H3. The van der Waals surface area contributed by atoms with Crippen molar-refractivity contribution in [3.05, 3.63) is 69.0 Å². The molecule has 7 nitrogen and oxygen atoms in total. The Morgan fingerprint density at radius 1 is 1.20 bits per heavy atom. The van der Waals surface area contributed by atoms with Gasteiger partial charge in [0.15, 0.2) is 0 Å². The van der Waals surface area contributed by atoms with Crippen LogP contribution in [0, 0.1) is 12.7 Å². The molecule has 3 heterocycles. The minimum absolute atomic E-state index is 0.0449. The fourth-order valence-electron chi connectivity index (χ4n) is 3.87. The zero-order valence-corrected chi connectivity index (χ0v) is 16.7. The minimum atomic E-state index is -0.702. The van der Waals surface area contributed by atoms with E-state index in [0.29, 0.717) is 37.6 Å². The van der Waals surface area contributed by atoms with Crippen molar-refractivity contribution in [3.63, 3.8) is 0 Å². The van der Waals surface area contributed by atoms with Gasteiger partial charge in [0.2, 0.25) is 5.91 Å². The maximum atomic E-state index is 13.1. The van der Waals surface area contributed by atoms with Gasteiger partial charge in [-0.2, -0.15) is 0 Å². The van der Waals surface area contributed by atoms with Gasteiger partial charge in [-0.05, 0) is 49.1 Å². The first-order valence-electron chi connectivity index (χ1n) is 10.00. The van der Waals surface area contributed by atoms with E-state index in [1.54, 1.807) is 30.0 Å². The van der Waals surface area contributed by atoms with Crippen LogP contribution >= 0.6 is 0 Å². The molecule has 2 aliphatic rings. The second-order valence-electron chi connectivity index (χ2n) is 7.66. The molecule has 0 aliphatic carbocycles. The average Bonchev–Trinajstić information content (AvgIpc) is 3.25. The van der Waals surface area contributed by atoms with Crippen LogP contribution < -0.4 is 5.63 Å². The van der Waals surface area contributed by atoms with E-state index in [-0.39, 0.29) is 29.9 Å². The number of halogens is 1. The van der Waals surface area contributed by atoms with E-state index in [4.69, 9.17) is 9.15 Å². The van der Waals surface area contributed by atoms with E-state index in [0.717, 1.165) is 18.4 Å². The SMILES string of the molecule is Cc1cc(C2CCCO2)oc(=O)c1C(=O)N1CCN(Cc2ccc(F)cc2)C(=O)C1. The van der Waals surface area contributed by atoms with Crippen molar-refractivity contribution in [2.24, 2.45) is 0 Å². The van der Waals surface area contributed by atoms with Crippen LogP contribution in [0.5, 0.6) is 0 Å². The summed E-state index contributed by atoms with van der Waals surface area (Å²) in [6, 6.07) is 7.63. The Hall–Kier alpha value is -3.00. The van der Waals surface area contributed by atoms with Gasteiger partial charge in [0, 0.05) is 26.2 Å². The second kappa shape index (κ2) is 8.39. The highest BCUT2D eigenvalue weighted by atomic mass is 19.1. The summed E-state index contributed by atoms with van der Waals surface area (Å²) >= 11 is 0. The van der Waals surface area contributed by atoms with E-state index >= 15 is 0 Å². The Balaban J connectivity index is 1.45. The zero-order valence-electron chi connectivity index (χ0n) is 16.7. The lowest BCUT2D eigenvalue weighted by Gasteiger charge is -2.34. The molecule has 0 spiro atoms. The molecule has 30 heavy (non-hydrogen) atoms. The smallest absolute Gasteiger partial charge is 0.349 e. The molecule has 4 rings (SSSR count). The van der Waals surface area contributed by atoms with Gasteiger partial charge >= 0.3 is 5.63 Å². The van der Waals surface area contributed by atoms with Crippen molar-refractivity contribution < 1.29 is 23.1 Å². The fraction of sp³-hybridized carbons (Fsp3) is 0.409. The number of piperazine rings is 1. The molecule has 1 aromatic carbocycles. The maximum absolute atomic E-state index is 13.1. The molecule has 0 N–H and O–H groups in total. The maximum Gasteiger partial charge on any atom is 0.349 e. The van der Waals surface area contributed by atoms with Crippen molar-refractivity contribution in [2.75, 3.05) is 26.2 Å². The van der Waals surface area contributed by atoms with Crippen LogP contribution in [0.1, 0.15) is 46.2 Å². The van der Waals surface area contributed by atoms with Crippen LogP contribution in [0.25, 0.3) is 0 Å². The van der Waals surface area contributed by atoms with Crippen molar-refractivity contribution >= 4 is 11.8 Å². The number of rotatable bonds is 4. The molecule has 0 saturated carbocycles. The van der Waals surface area contributed by atoms with Crippen LogP contribution in [0.15, 0.2) is 39.5 Å². The molecular formula is C22H23FN2O5. The molecule has 0 bridgehead atoms. The monoisotopic (exact) mass is 414 g/mol. The number of carbonyl (C=O) groups excluding carboxylic acids is 2. The molecule has 1 unspecified atom stereocenters. The van der Waals surface area contributed by atoms with Gasteiger partial charge < -0.3 is 19.0 Å². The van der Waals surface area contributed by atoms with Gasteiger partial charge in [-0.1, -0.05) is 12.1 Å². The second-order valence-corrected chi connectivity index (χ2v) is 7.66. The molecule has 2 amide bonds. The first-order valence-corrected chi connectivity index (χ1v) is 10.00. The molecule has 158 valence electrons. The highest BCUT2D eigenvalue weighted by Gasteiger charge is 2.31. The molecule has 8 heteroatoms. The number of hydrogen-bond acceptors (Lipinski definition) is 5. The number of amides is 2. The normalized spacial score (nSPS) is 19.4. The Bertz CT molecular complexity index is 1010. The topological polar surface area (TPSA) is 80.1 Å². The van der Waals surface area contributed by atoms with Crippen molar-refractivity contribution in [3.8, 4) is 0 Å². The summed E-state index contributed by atoms with van der Waals surface area (Å²) in [6.45, 7) is 3.18. The molecule has 1 atom stereocenters. The average molecular weight is 414 g/mol. The van der Waals surface area contributed by atoms with Crippen molar-refractivity contribution in [1.82, 2.24) is 9.80 Å². The number of nitrogens with zero attached hydrogens (tertiary/aromatic N) is 2. The number of hydrogen-bond donors (Lipinski definition) is 0. The summed E-state index contributed by atoms with van der Waals surface area (Å²) in [6.07, 6.45) is 1.43. The lowest BCUT2D eigenvalue weighted by atomic mass is 10.1. The zero-order chi connectivity index (χ0) is 21.3. The van der Waals surface area contributed by atoms with Crippen molar-refractivity contribution in [1.29, 1.82) is 0 Å². The van der Waals surface area contributed by atoms with E-state index in [2.05, 4.69) is 0 Å². The minimum Gasteiger partial charge on any atom is -0.424 e. The van der Waals surface area contributed by atoms with Crippen LogP contribution in [0.2, 0.25) is 0 Å². The summed E-state index contributed by atoms with van der Waals surface area (Å²) < 4.78 is 24.0. The lowest BCUT2D eigenvalue weighted by Crippen LogP contribution is -2.52. The van der Waals surface area contributed by atoms with Crippen LogP contribution in [0.4, 0.5) is 4.39 Å². The molecule has 0 radical (unpaired) electrons. The van der Waals surface area contributed by atoms with Gasteiger partial charge in [-0.3, -0.25) is 9.59 Å². The third-order valence-electron chi connectivity index (χ3n) is 5.52. The van der Waals surface area contributed by atoms with Crippen LogP contribution in [-0.4, -0.2) is 47.9 Å². The molecule has 2 aliphatic heterocycles. The first-order chi connectivity index (χ1) is 14.4. The van der Waals surface area contributed by atoms with Gasteiger partial charge in [0.1, 0.15) is 29.8 Å². The van der Waals surface area contributed by atoms with E-state index in [1.807, 2.05) is 0 Å². The van der Waals surface area contributed by atoms with E-state index in [1.165, 1.54) is 17.0 Å². The van der Waals surface area contributed by atoms with Gasteiger partial charge in [-0.25, -0.2) is 9.18 Å². The molecule has 2 aromatic rings. The highest BCUT2D eigenvalue weighted by molar-refractivity contribution is 5.97. The summed E-state index contributed by atoms with van der Waals surface area (Å²) in [7, 11) is 0. The lowest BCUT2D eigenvalue weighted by molar-refractivity contribution is -0.135. The number of aryl methyl sites for hydroxylation is 1. The van der Waals surface area contributed by atoms with Gasteiger partial charge in [0.25, 0.3) is 5.91 Å². The molecule has 2 saturated heterocycles. The predicted octanol–water partition coefficient (Wildman–Crippen LogP) is 2.42. The molecule has 1 aromatic heterocycles. The Morgan fingerprint density at radius 3 is 2.60 bits per heavy atom. The quantitative estimate of drug-likeness (QED) is 0.768.